The van der Waals surface area contributed by atoms with Crippen LogP contribution in [0.1, 0.15) is 34.1 Å². The Hall–Kier alpha value is -1.51. The van der Waals surface area contributed by atoms with Crippen LogP contribution in [-0.4, -0.2) is 48.7 Å². The molecule has 0 aliphatic heterocycles. The first-order valence-electron chi connectivity index (χ1n) is 6.66. The van der Waals surface area contributed by atoms with Crippen molar-refractivity contribution in [2.24, 2.45) is 5.41 Å². The molecule has 1 atom stereocenters. The van der Waals surface area contributed by atoms with E-state index in [9.17, 15) is 27.9 Å². The fourth-order valence-electron chi connectivity index (χ4n) is 1.48. The number of alkyl halides is 3. The minimum Gasteiger partial charge on any atom is -0.481 e. The predicted molar refractivity (Wildman–Crippen MR) is 71.5 cm³/mol. The van der Waals surface area contributed by atoms with E-state index >= 15 is 0 Å². The van der Waals surface area contributed by atoms with Crippen molar-refractivity contribution >= 4 is 12.1 Å². The Morgan fingerprint density at radius 3 is 2.05 bits per heavy atom. The normalized spacial score (nSPS) is 15.0. The smallest absolute Gasteiger partial charge is 0.411 e. The van der Waals surface area contributed by atoms with Gasteiger partial charge in [0.2, 0.25) is 0 Å². The molecule has 0 bridgehead atoms. The fraction of sp³-hybridized carbons (Fsp3) is 0.846. The molecule has 0 aromatic heterocycles. The molecule has 0 saturated heterocycles. The molecule has 22 heavy (non-hydrogen) atoms. The van der Waals surface area contributed by atoms with Gasteiger partial charge in [-0.25, -0.2) is 4.79 Å². The quantitative estimate of drug-likeness (QED) is 0.750. The van der Waals surface area contributed by atoms with Crippen LogP contribution in [0.2, 0.25) is 0 Å². The lowest BCUT2D eigenvalue weighted by atomic mass is 9.86. The van der Waals surface area contributed by atoms with E-state index in [1.807, 2.05) is 0 Å². The maximum atomic E-state index is 12.1. The van der Waals surface area contributed by atoms with Crippen LogP contribution in [0.5, 0.6) is 0 Å². The Bertz CT molecular complexity index is 392. The molecule has 0 fully saturated rings. The maximum absolute atomic E-state index is 12.1. The first-order chi connectivity index (χ1) is 9.81. The summed E-state index contributed by atoms with van der Waals surface area (Å²) in [5.41, 5.74) is -2.42. The Labute approximate surface area is 127 Å². The highest BCUT2D eigenvalue weighted by molar-refractivity contribution is 5.76. The number of hydrogen-bond acceptors (Lipinski definition) is 4. The molecule has 0 spiro atoms. The number of nitrogens with one attached hydrogen (secondary N) is 1. The van der Waals surface area contributed by atoms with E-state index in [0.717, 1.165) is 0 Å². The number of carbonyl (C=O) groups excluding carboxylic acids is 1. The van der Waals surface area contributed by atoms with Crippen molar-refractivity contribution in [3.8, 4) is 0 Å². The van der Waals surface area contributed by atoms with E-state index in [0.29, 0.717) is 0 Å². The number of carbonyl (C=O) groups is 2. The van der Waals surface area contributed by atoms with Crippen LogP contribution in [0, 0.1) is 5.41 Å². The van der Waals surface area contributed by atoms with Crippen molar-refractivity contribution in [2.75, 3.05) is 19.8 Å². The summed E-state index contributed by atoms with van der Waals surface area (Å²) >= 11 is 0. The summed E-state index contributed by atoms with van der Waals surface area (Å²) in [6.45, 7) is 3.76. The first kappa shape index (κ1) is 20.5. The van der Waals surface area contributed by atoms with Crippen LogP contribution in [0.4, 0.5) is 18.0 Å². The van der Waals surface area contributed by atoms with Crippen molar-refractivity contribution in [3.05, 3.63) is 0 Å². The number of hydrogen-bond donors (Lipinski definition) is 2. The third-order valence-electron chi connectivity index (χ3n) is 2.74. The summed E-state index contributed by atoms with van der Waals surface area (Å²) in [6, 6.07) is 0. The molecule has 0 aliphatic carbocycles. The number of ether oxygens (including phenoxy) is 2. The number of carboxylic acid groups (broad SMARTS) is 1. The molecule has 0 aliphatic rings. The molecule has 1 amide bonds. The summed E-state index contributed by atoms with van der Waals surface area (Å²) in [5, 5.41) is 11.5. The average Bonchev–Trinajstić information content (AvgIpc) is 2.29. The third-order valence-corrected chi connectivity index (χ3v) is 2.74. The summed E-state index contributed by atoms with van der Waals surface area (Å²) in [4.78, 5) is 22.9. The van der Waals surface area contributed by atoms with Gasteiger partial charge in [0, 0.05) is 6.54 Å². The highest BCUT2D eigenvalue weighted by Gasteiger charge is 2.39. The van der Waals surface area contributed by atoms with Crippen molar-refractivity contribution in [1.82, 2.24) is 5.32 Å². The van der Waals surface area contributed by atoms with Gasteiger partial charge in [-0.3, -0.25) is 4.79 Å². The largest absolute Gasteiger partial charge is 0.481 e. The van der Waals surface area contributed by atoms with Crippen LogP contribution in [-0.2, 0) is 14.3 Å². The topological polar surface area (TPSA) is 84.9 Å². The Balaban J connectivity index is 4.70. The van der Waals surface area contributed by atoms with E-state index in [2.05, 4.69) is 10.1 Å². The van der Waals surface area contributed by atoms with Crippen LogP contribution in [0.25, 0.3) is 0 Å². The molecule has 0 rings (SSSR count). The van der Waals surface area contributed by atoms with E-state index in [1.54, 1.807) is 20.8 Å². The second-order valence-electron chi connectivity index (χ2n) is 5.90. The molecular weight excluding hydrogens is 307 g/mol. The first-order valence-corrected chi connectivity index (χ1v) is 6.66. The molecular formula is C13H22F3NO5. The van der Waals surface area contributed by atoms with Gasteiger partial charge >= 0.3 is 18.2 Å². The lowest BCUT2D eigenvalue weighted by molar-refractivity contribution is -0.186. The molecule has 0 heterocycles. The van der Waals surface area contributed by atoms with Crippen molar-refractivity contribution in [3.63, 3.8) is 0 Å². The van der Waals surface area contributed by atoms with Crippen molar-refractivity contribution < 1.29 is 37.3 Å². The highest BCUT2D eigenvalue weighted by Crippen LogP contribution is 2.24. The summed E-state index contributed by atoms with van der Waals surface area (Å²) < 4.78 is 45.6. The van der Waals surface area contributed by atoms with E-state index in [4.69, 9.17) is 4.74 Å². The van der Waals surface area contributed by atoms with E-state index in [-0.39, 0.29) is 6.42 Å². The number of carboxylic acids is 1. The maximum Gasteiger partial charge on any atom is 0.411 e. The zero-order valence-corrected chi connectivity index (χ0v) is 13.0. The molecule has 0 aromatic carbocycles. The van der Waals surface area contributed by atoms with Crippen LogP contribution in [0.3, 0.4) is 0 Å². The van der Waals surface area contributed by atoms with E-state index < -0.39 is 49.0 Å². The lowest BCUT2D eigenvalue weighted by Crippen LogP contribution is -2.47. The summed E-state index contributed by atoms with van der Waals surface area (Å²) in [7, 11) is 0. The van der Waals surface area contributed by atoms with Gasteiger partial charge in [0.1, 0.15) is 17.6 Å². The molecule has 0 radical (unpaired) electrons. The Morgan fingerprint density at radius 2 is 1.68 bits per heavy atom. The SMILES string of the molecule is CCC(CNC(=O)OC(C)(C)C)(COCC(F)(F)F)C(=O)O. The van der Waals surface area contributed by atoms with Gasteiger partial charge in [0.05, 0.1) is 6.61 Å². The van der Waals surface area contributed by atoms with Gasteiger partial charge in [-0.1, -0.05) is 6.92 Å². The van der Waals surface area contributed by atoms with Gasteiger partial charge < -0.3 is 19.9 Å². The minimum atomic E-state index is -4.55. The van der Waals surface area contributed by atoms with Crippen molar-refractivity contribution in [1.29, 1.82) is 0 Å². The number of halogens is 3. The monoisotopic (exact) mass is 329 g/mol. The second kappa shape index (κ2) is 7.66. The van der Waals surface area contributed by atoms with Gasteiger partial charge in [-0.2, -0.15) is 13.2 Å². The molecule has 6 nitrogen and oxygen atoms in total. The fourth-order valence-corrected chi connectivity index (χ4v) is 1.48. The average molecular weight is 329 g/mol. The standard InChI is InChI=1S/C13H22F3NO5/c1-5-12(9(18)19,7-21-8-13(14,15)16)6-17-10(20)22-11(2,3)4/h5-8H2,1-4H3,(H,17,20)(H,18,19). The number of rotatable bonds is 7. The Morgan fingerprint density at radius 1 is 1.14 bits per heavy atom. The number of aliphatic carboxylic acids is 1. The van der Waals surface area contributed by atoms with Crippen LogP contribution < -0.4 is 5.32 Å². The number of amides is 1. The van der Waals surface area contributed by atoms with Crippen LogP contribution in [0.15, 0.2) is 0 Å². The molecule has 0 aromatic rings. The second-order valence-corrected chi connectivity index (χ2v) is 5.90. The van der Waals surface area contributed by atoms with Gasteiger partial charge in [-0.05, 0) is 27.2 Å². The van der Waals surface area contributed by atoms with Crippen molar-refractivity contribution in [2.45, 2.75) is 45.9 Å². The Kier molecular flexibility index (Phi) is 7.14. The highest BCUT2D eigenvalue weighted by atomic mass is 19.4. The lowest BCUT2D eigenvalue weighted by Gasteiger charge is -2.29. The molecule has 2 N–H and O–H groups in total. The number of alkyl carbamates (subject to hydrolysis) is 1. The zero-order valence-electron chi connectivity index (χ0n) is 13.0. The molecule has 9 heteroatoms. The van der Waals surface area contributed by atoms with Gasteiger partial charge in [0.15, 0.2) is 0 Å². The van der Waals surface area contributed by atoms with Gasteiger partial charge in [-0.15, -0.1) is 0 Å². The predicted octanol–water partition coefficient (Wildman–Crippen LogP) is 2.57. The van der Waals surface area contributed by atoms with Gasteiger partial charge in [0.25, 0.3) is 0 Å². The molecule has 0 saturated carbocycles. The summed E-state index contributed by atoms with van der Waals surface area (Å²) in [6.07, 6.45) is -5.41. The third kappa shape index (κ3) is 8.06. The van der Waals surface area contributed by atoms with E-state index in [1.165, 1.54) is 6.92 Å². The zero-order chi connectivity index (χ0) is 17.6. The molecule has 130 valence electrons. The molecule has 1 unspecified atom stereocenters. The minimum absolute atomic E-state index is 0.0179. The summed E-state index contributed by atoms with van der Waals surface area (Å²) in [5.74, 6) is -1.35. The van der Waals surface area contributed by atoms with Crippen LogP contribution >= 0.6 is 0 Å².